The molecule has 0 bridgehead atoms. The highest BCUT2D eigenvalue weighted by Crippen LogP contribution is 2.24. The smallest absolute Gasteiger partial charge is 0.339 e. The molecular weight excluding hydrogens is 581 g/mol. The predicted octanol–water partition coefficient (Wildman–Crippen LogP) is 4.75. The van der Waals surface area contributed by atoms with E-state index in [-0.39, 0.29) is 47.7 Å². The van der Waals surface area contributed by atoms with E-state index < -0.39 is 23.9 Å². The molecule has 39 heavy (non-hydrogen) atoms. The topological polar surface area (TPSA) is 105 Å². The summed E-state index contributed by atoms with van der Waals surface area (Å²) in [5.41, 5.74) is 0.328. The molecule has 0 radical (unpaired) electrons. The number of esters is 4. The molecule has 1 aromatic carbocycles. The van der Waals surface area contributed by atoms with E-state index in [4.69, 9.17) is 18.9 Å². The van der Waals surface area contributed by atoms with Gasteiger partial charge in [-0.3, -0.25) is 0 Å². The van der Waals surface area contributed by atoms with Crippen LogP contribution < -0.4 is 0 Å². The maximum Gasteiger partial charge on any atom is 0.339 e. The number of thioether (sulfide) groups is 4. The molecule has 2 aliphatic heterocycles. The molecule has 2 heterocycles. The summed E-state index contributed by atoms with van der Waals surface area (Å²) in [6.07, 6.45) is 1.65. The van der Waals surface area contributed by atoms with Gasteiger partial charge in [0.05, 0.1) is 16.7 Å². The van der Waals surface area contributed by atoms with Gasteiger partial charge in [-0.05, 0) is 61.0 Å². The molecule has 0 aromatic heterocycles. The third-order valence-corrected chi connectivity index (χ3v) is 10.2. The summed E-state index contributed by atoms with van der Waals surface area (Å²) >= 11 is 6.96. The van der Waals surface area contributed by atoms with Gasteiger partial charge >= 0.3 is 23.9 Å². The van der Waals surface area contributed by atoms with Crippen molar-refractivity contribution >= 4 is 70.9 Å². The number of ether oxygens (including phenoxy) is 4. The van der Waals surface area contributed by atoms with Gasteiger partial charge in [0.15, 0.2) is 0 Å². The lowest BCUT2D eigenvalue weighted by molar-refractivity contribution is -0.140. The third-order valence-electron chi connectivity index (χ3n) is 5.51. The molecule has 214 valence electrons. The lowest BCUT2D eigenvalue weighted by Gasteiger charge is -2.22. The van der Waals surface area contributed by atoms with Gasteiger partial charge in [-0.15, -0.1) is 0 Å². The Balaban J connectivity index is 1.74. The molecule has 0 unspecified atom stereocenters. The van der Waals surface area contributed by atoms with E-state index >= 15 is 0 Å². The summed E-state index contributed by atoms with van der Waals surface area (Å²) < 4.78 is 21.7. The molecule has 0 aliphatic carbocycles. The third kappa shape index (κ3) is 11.0. The summed E-state index contributed by atoms with van der Waals surface area (Å²) in [6, 6.07) is 4.13. The van der Waals surface area contributed by atoms with Crippen LogP contribution in [0.25, 0.3) is 0 Å². The van der Waals surface area contributed by atoms with Gasteiger partial charge in [0, 0.05) is 28.6 Å². The van der Waals surface area contributed by atoms with Crippen LogP contribution in [0.4, 0.5) is 0 Å². The number of carbonyl (C=O) groups excluding carboxylic acids is 4. The number of benzene rings is 1. The Morgan fingerprint density at radius 2 is 1.23 bits per heavy atom. The number of hydrogen-bond donors (Lipinski definition) is 0. The number of carbonyl (C=O) groups is 4. The molecule has 8 nitrogen and oxygen atoms in total. The van der Waals surface area contributed by atoms with Crippen LogP contribution >= 0.6 is 47.0 Å². The maximum absolute atomic E-state index is 13.3. The Labute approximate surface area is 246 Å². The average Bonchev–Trinajstić information content (AvgIpc) is 2.88. The standard InChI is InChI=1S/C27H34O8S4/c1-18(2)24(28)32-7-8-33-25(29)19-5-6-22(26(30)34-20-14-36-9-3-10-37-15-20)23(13-19)27(31)35-21-16-38-11-4-12-39-17-21/h5-6,13,20-21H,1,3-4,7-12,14-17H2,2H3. The van der Waals surface area contributed by atoms with Crippen LogP contribution in [-0.4, -0.2) is 95.3 Å². The van der Waals surface area contributed by atoms with E-state index in [1.807, 2.05) is 0 Å². The first-order valence-corrected chi connectivity index (χ1v) is 17.3. The van der Waals surface area contributed by atoms with E-state index in [0.29, 0.717) is 23.0 Å². The summed E-state index contributed by atoms with van der Waals surface area (Å²) in [7, 11) is 0. The van der Waals surface area contributed by atoms with Crippen molar-refractivity contribution in [3.63, 3.8) is 0 Å². The van der Waals surface area contributed by atoms with Crippen LogP contribution in [0.5, 0.6) is 0 Å². The molecule has 0 spiro atoms. The average molecular weight is 615 g/mol. The Morgan fingerprint density at radius 1 is 0.744 bits per heavy atom. The summed E-state index contributed by atoms with van der Waals surface area (Å²) in [5.74, 6) is 4.13. The van der Waals surface area contributed by atoms with Crippen LogP contribution in [0, 0.1) is 0 Å². The molecule has 2 aliphatic rings. The Bertz CT molecular complexity index is 1020. The van der Waals surface area contributed by atoms with Crippen molar-refractivity contribution in [1.82, 2.24) is 0 Å². The van der Waals surface area contributed by atoms with Gasteiger partial charge in [-0.2, -0.15) is 47.0 Å². The second-order valence-corrected chi connectivity index (χ2v) is 13.5. The highest BCUT2D eigenvalue weighted by Gasteiger charge is 2.27. The minimum Gasteiger partial charge on any atom is -0.459 e. The molecule has 0 N–H and O–H groups in total. The van der Waals surface area contributed by atoms with Crippen LogP contribution in [0.2, 0.25) is 0 Å². The van der Waals surface area contributed by atoms with Gasteiger partial charge in [0.2, 0.25) is 0 Å². The first kappa shape index (κ1) is 31.8. The minimum atomic E-state index is -0.722. The van der Waals surface area contributed by atoms with Gasteiger partial charge in [0.1, 0.15) is 25.4 Å². The van der Waals surface area contributed by atoms with Crippen molar-refractivity contribution in [2.45, 2.75) is 32.0 Å². The predicted molar refractivity (Wildman–Crippen MR) is 159 cm³/mol. The highest BCUT2D eigenvalue weighted by molar-refractivity contribution is 8.01. The minimum absolute atomic E-state index is 0.0358. The molecule has 2 fully saturated rings. The normalized spacial score (nSPS) is 17.5. The van der Waals surface area contributed by atoms with Crippen molar-refractivity contribution in [3.05, 3.63) is 47.0 Å². The zero-order chi connectivity index (χ0) is 28.0. The molecule has 0 atom stereocenters. The highest BCUT2D eigenvalue weighted by atomic mass is 32.2. The summed E-state index contributed by atoms with van der Waals surface area (Å²) in [6.45, 7) is 4.71. The number of hydrogen-bond acceptors (Lipinski definition) is 12. The zero-order valence-electron chi connectivity index (χ0n) is 22.0. The van der Waals surface area contributed by atoms with Crippen molar-refractivity contribution < 1.29 is 38.1 Å². The Kier molecular flexibility index (Phi) is 14.0. The van der Waals surface area contributed by atoms with E-state index in [9.17, 15) is 19.2 Å². The Hall–Kier alpha value is -1.76. The fraction of sp³-hybridized carbons (Fsp3) is 0.556. The largest absolute Gasteiger partial charge is 0.459 e. The molecule has 1 aromatic rings. The molecule has 0 amide bonds. The van der Waals surface area contributed by atoms with Crippen molar-refractivity contribution in [2.24, 2.45) is 0 Å². The van der Waals surface area contributed by atoms with E-state index in [1.165, 1.54) is 25.1 Å². The van der Waals surface area contributed by atoms with E-state index in [2.05, 4.69) is 6.58 Å². The first-order valence-electron chi connectivity index (χ1n) is 12.7. The van der Waals surface area contributed by atoms with Gasteiger partial charge < -0.3 is 18.9 Å². The van der Waals surface area contributed by atoms with Crippen molar-refractivity contribution in [2.75, 3.05) is 59.2 Å². The van der Waals surface area contributed by atoms with Crippen molar-refractivity contribution in [3.8, 4) is 0 Å². The molecule has 12 heteroatoms. The zero-order valence-corrected chi connectivity index (χ0v) is 25.2. The summed E-state index contributed by atoms with van der Waals surface area (Å²) in [4.78, 5) is 50.7. The lowest BCUT2D eigenvalue weighted by Crippen LogP contribution is -2.28. The second kappa shape index (κ2) is 17.1. The number of rotatable bonds is 9. The van der Waals surface area contributed by atoms with Crippen LogP contribution in [0.15, 0.2) is 30.4 Å². The SMILES string of the molecule is C=C(C)C(=O)OCCOC(=O)c1ccc(C(=O)OC2CSCCCSC2)c(C(=O)OC2CSCCCSC2)c1. The lowest BCUT2D eigenvalue weighted by atomic mass is 10.0. The van der Waals surface area contributed by atoms with Gasteiger partial charge in [-0.25, -0.2) is 19.2 Å². The van der Waals surface area contributed by atoms with Crippen LogP contribution in [0.3, 0.4) is 0 Å². The van der Waals surface area contributed by atoms with Crippen molar-refractivity contribution in [1.29, 1.82) is 0 Å². The quantitative estimate of drug-likeness (QED) is 0.166. The second-order valence-electron chi connectivity index (χ2n) is 8.87. The van der Waals surface area contributed by atoms with Crippen LogP contribution in [0.1, 0.15) is 50.8 Å². The fourth-order valence-corrected chi connectivity index (χ4v) is 8.06. The molecule has 2 saturated heterocycles. The summed E-state index contributed by atoms with van der Waals surface area (Å²) in [5, 5.41) is 0. The van der Waals surface area contributed by atoms with E-state index in [0.717, 1.165) is 35.9 Å². The van der Waals surface area contributed by atoms with Gasteiger partial charge in [-0.1, -0.05) is 6.58 Å². The Morgan fingerprint density at radius 3 is 1.74 bits per heavy atom. The van der Waals surface area contributed by atoms with Crippen LogP contribution in [-0.2, 0) is 23.7 Å². The first-order chi connectivity index (χ1) is 18.8. The fourth-order valence-electron chi connectivity index (χ4n) is 3.54. The van der Waals surface area contributed by atoms with Gasteiger partial charge in [0.25, 0.3) is 0 Å². The monoisotopic (exact) mass is 614 g/mol. The van der Waals surface area contributed by atoms with E-state index in [1.54, 1.807) is 47.0 Å². The molecule has 3 rings (SSSR count). The maximum atomic E-state index is 13.3. The molecular formula is C27H34O8S4. The molecule has 0 saturated carbocycles.